The van der Waals surface area contributed by atoms with E-state index in [0.29, 0.717) is 0 Å². The molecule has 18 heavy (non-hydrogen) atoms. The Hall–Kier alpha value is -0.850. The SMILES string of the molecule is CC1CC(=O)N(S(=O)(=O)c2cnc(Cl)c(Cl)c2)C1. The van der Waals surface area contributed by atoms with Gasteiger partial charge < -0.3 is 0 Å². The third-order valence-corrected chi connectivity index (χ3v) is 5.08. The number of pyridine rings is 1. The smallest absolute Gasteiger partial charge is 0.268 e. The van der Waals surface area contributed by atoms with Crippen molar-refractivity contribution in [3.8, 4) is 0 Å². The number of amides is 1. The topological polar surface area (TPSA) is 67.3 Å². The van der Waals surface area contributed by atoms with Crippen molar-refractivity contribution >= 4 is 39.1 Å². The summed E-state index contributed by atoms with van der Waals surface area (Å²) in [5.41, 5.74) is 0. The second kappa shape index (κ2) is 4.68. The fourth-order valence-corrected chi connectivity index (χ4v) is 3.59. The van der Waals surface area contributed by atoms with Crippen LogP contribution in [0.2, 0.25) is 10.2 Å². The van der Waals surface area contributed by atoms with E-state index < -0.39 is 15.9 Å². The molecule has 0 aliphatic carbocycles. The Bertz CT molecular complexity index is 603. The molecule has 0 bridgehead atoms. The van der Waals surface area contributed by atoms with E-state index in [2.05, 4.69) is 4.98 Å². The van der Waals surface area contributed by atoms with Crippen molar-refractivity contribution in [3.05, 3.63) is 22.4 Å². The number of nitrogens with zero attached hydrogens (tertiary/aromatic N) is 2. The van der Waals surface area contributed by atoms with E-state index in [-0.39, 0.29) is 34.0 Å². The van der Waals surface area contributed by atoms with Gasteiger partial charge in [0.25, 0.3) is 10.0 Å². The quantitative estimate of drug-likeness (QED) is 0.783. The Morgan fingerprint density at radius 3 is 2.61 bits per heavy atom. The number of rotatable bonds is 2. The molecule has 0 aromatic carbocycles. The van der Waals surface area contributed by atoms with Gasteiger partial charge in [-0.15, -0.1) is 0 Å². The molecule has 5 nitrogen and oxygen atoms in total. The Morgan fingerprint density at radius 1 is 1.44 bits per heavy atom. The minimum atomic E-state index is -3.88. The van der Waals surface area contributed by atoms with Gasteiger partial charge in [0.1, 0.15) is 10.0 Å². The Morgan fingerprint density at radius 2 is 2.11 bits per heavy atom. The van der Waals surface area contributed by atoms with E-state index in [4.69, 9.17) is 23.2 Å². The summed E-state index contributed by atoms with van der Waals surface area (Å²) in [6, 6.07) is 1.20. The van der Waals surface area contributed by atoms with E-state index in [9.17, 15) is 13.2 Å². The van der Waals surface area contributed by atoms with Crippen LogP contribution < -0.4 is 0 Å². The summed E-state index contributed by atoms with van der Waals surface area (Å²) < 4.78 is 25.3. The zero-order valence-electron chi connectivity index (χ0n) is 9.43. The molecule has 0 radical (unpaired) electrons. The molecule has 0 spiro atoms. The van der Waals surface area contributed by atoms with Crippen LogP contribution in [-0.4, -0.2) is 30.2 Å². The van der Waals surface area contributed by atoms with Crippen LogP contribution in [0.4, 0.5) is 0 Å². The second-order valence-corrected chi connectivity index (χ2v) is 6.81. The molecule has 0 saturated carbocycles. The van der Waals surface area contributed by atoms with Gasteiger partial charge in [-0.2, -0.15) is 0 Å². The molecule has 1 aromatic rings. The summed E-state index contributed by atoms with van der Waals surface area (Å²) in [4.78, 5) is 15.2. The first-order chi connectivity index (χ1) is 8.32. The van der Waals surface area contributed by atoms with Crippen molar-refractivity contribution in [3.63, 3.8) is 0 Å². The maximum atomic E-state index is 12.2. The standard InChI is InChI=1S/C10H10Cl2N2O3S/c1-6-2-9(15)14(5-6)18(16,17)7-3-8(11)10(12)13-4-7/h3-4,6H,2,5H2,1H3. The Balaban J connectivity index is 2.42. The van der Waals surface area contributed by atoms with Gasteiger partial charge in [-0.3, -0.25) is 4.79 Å². The maximum Gasteiger partial charge on any atom is 0.268 e. The van der Waals surface area contributed by atoms with Gasteiger partial charge >= 0.3 is 0 Å². The minimum Gasteiger partial charge on any atom is -0.274 e. The van der Waals surface area contributed by atoms with Crippen LogP contribution in [-0.2, 0) is 14.8 Å². The zero-order valence-corrected chi connectivity index (χ0v) is 11.8. The average molecular weight is 309 g/mol. The van der Waals surface area contributed by atoms with Gasteiger partial charge in [-0.25, -0.2) is 17.7 Å². The number of hydrogen-bond donors (Lipinski definition) is 0. The lowest BCUT2D eigenvalue weighted by molar-refractivity contribution is -0.123. The number of carbonyl (C=O) groups excluding carboxylic acids is 1. The molecule has 2 rings (SSSR count). The van der Waals surface area contributed by atoms with Crippen molar-refractivity contribution < 1.29 is 13.2 Å². The van der Waals surface area contributed by atoms with Crippen LogP contribution in [0.1, 0.15) is 13.3 Å². The van der Waals surface area contributed by atoms with Gasteiger partial charge in [0.15, 0.2) is 0 Å². The highest BCUT2D eigenvalue weighted by molar-refractivity contribution is 7.89. The van der Waals surface area contributed by atoms with E-state index in [1.54, 1.807) is 0 Å². The molecule has 1 aliphatic heterocycles. The first-order valence-electron chi connectivity index (χ1n) is 5.19. The normalized spacial score (nSPS) is 20.5. The Kier molecular flexibility index (Phi) is 3.53. The molecule has 1 atom stereocenters. The van der Waals surface area contributed by atoms with Gasteiger partial charge in [0.2, 0.25) is 5.91 Å². The predicted octanol–water partition coefficient (Wildman–Crippen LogP) is 1.95. The molecular formula is C10H10Cl2N2O3S. The lowest BCUT2D eigenvalue weighted by Gasteiger charge is -2.16. The molecule has 98 valence electrons. The third-order valence-electron chi connectivity index (χ3n) is 2.64. The molecule has 0 N–H and O–H groups in total. The molecule has 1 amide bonds. The highest BCUT2D eigenvalue weighted by Gasteiger charge is 2.36. The van der Waals surface area contributed by atoms with Crippen molar-refractivity contribution in [1.29, 1.82) is 0 Å². The van der Waals surface area contributed by atoms with E-state index in [1.807, 2.05) is 6.92 Å². The van der Waals surface area contributed by atoms with Gasteiger partial charge in [-0.05, 0) is 12.0 Å². The van der Waals surface area contributed by atoms with Crippen LogP contribution in [0.25, 0.3) is 0 Å². The summed E-state index contributed by atoms with van der Waals surface area (Å²) >= 11 is 11.4. The van der Waals surface area contributed by atoms with Crippen LogP contribution >= 0.6 is 23.2 Å². The molecule has 2 heterocycles. The largest absolute Gasteiger partial charge is 0.274 e. The molecule has 1 aromatic heterocycles. The monoisotopic (exact) mass is 308 g/mol. The van der Waals surface area contributed by atoms with Gasteiger partial charge in [0.05, 0.1) is 5.02 Å². The number of hydrogen-bond acceptors (Lipinski definition) is 4. The summed E-state index contributed by atoms with van der Waals surface area (Å²) in [5, 5.41) is 0.0640. The number of aromatic nitrogens is 1. The molecule has 8 heteroatoms. The van der Waals surface area contributed by atoms with Crippen molar-refractivity contribution in [1.82, 2.24) is 9.29 Å². The molecular weight excluding hydrogens is 299 g/mol. The first kappa shape index (κ1) is 13.6. The number of carbonyl (C=O) groups is 1. The van der Waals surface area contributed by atoms with Crippen molar-refractivity contribution in [2.24, 2.45) is 5.92 Å². The van der Waals surface area contributed by atoms with Gasteiger partial charge in [0, 0.05) is 19.2 Å². The maximum absolute atomic E-state index is 12.2. The Labute approximate surface area is 115 Å². The van der Waals surface area contributed by atoms with Crippen LogP contribution in [0.5, 0.6) is 0 Å². The van der Waals surface area contributed by atoms with Crippen molar-refractivity contribution in [2.45, 2.75) is 18.2 Å². The van der Waals surface area contributed by atoms with Crippen LogP contribution in [0.3, 0.4) is 0 Å². The van der Waals surface area contributed by atoms with Gasteiger partial charge in [-0.1, -0.05) is 30.1 Å². The summed E-state index contributed by atoms with van der Waals surface area (Å²) in [5.74, 6) is -0.392. The predicted molar refractivity (Wildman–Crippen MR) is 66.9 cm³/mol. The molecule has 1 unspecified atom stereocenters. The lowest BCUT2D eigenvalue weighted by Crippen LogP contribution is -2.32. The zero-order chi connectivity index (χ0) is 13.5. The van der Waals surface area contributed by atoms with Crippen LogP contribution in [0.15, 0.2) is 17.2 Å². The summed E-state index contributed by atoms with van der Waals surface area (Å²) in [7, 11) is -3.88. The minimum absolute atomic E-state index is 0.0167. The molecule has 1 fully saturated rings. The average Bonchev–Trinajstić information content (AvgIpc) is 2.62. The highest BCUT2D eigenvalue weighted by atomic mass is 35.5. The fourth-order valence-electron chi connectivity index (χ4n) is 1.75. The summed E-state index contributed by atoms with van der Waals surface area (Å²) in [6.45, 7) is 2.00. The first-order valence-corrected chi connectivity index (χ1v) is 7.38. The number of halogens is 2. The van der Waals surface area contributed by atoms with E-state index in [0.717, 1.165) is 10.5 Å². The second-order valence-electron chi connectivity index (χ2n) is 4.18. The van der Waals surface area contributed by atoms with E-state index >= 15 is 0 Å². The number of sulfonamides is 1. The summed E-state index contributed by atoms with van der Waals surface area (Å²) in [6.07, 6.45) is 1.33. The molecule has 1 saturated heterocycles. The highest BCUT2D eigenvalue weighted by Crippen LogP contribution is 2.28. The van der Waals surface area contributed by atoms with Crippen LogP contribution in [0, 0.1) is 5.92 Å². The van der Waals surface area contributed by atoms with E-state index in [1.165, 1.54) is 6.07 Å². The van der Waals surface area contributed by atoms with Crippen molar-refractivity contribution in [2.75, 3.05) is 6.54 Å². The third kappa shape index (κ3) is 2.32. The lowest BCUT2D eigenvalue weighted by atomic mass is 10.2. The molecule has 1 aliphatic rings. The fraction of sp³-hybridized carbons (Fsp3) is 0.400.